The van der Waals surface area contributed by atoms with Crippen LogP contribution in [0.4, 0.5) is 4.79 Å². The smallest absolute Gasteiger partial charge is 0.407 e. The normalized spacial score (nSPS) is 14.2. The van der Waals surface area contributed by atoms with E-state index in [0.29, 0.717) is 6.42 Å². The van der Waals surface area contributed by atoms with Gasteiger partial charge >= 0.3 is 6.09 Å². The van der Waals surface area contributed by atoms with Gasteiger partial charge in [0.1, 0.15) is 5.60 Å². The molecule has 124 valence electrons. The molecule has 0 aliphatic heterocycles. The van der Waals surface area contributed by atoms with Crippen molar-refractivity contribution in [2.75, 3.05) is 6.61 Å². The van der Waals surface area contributed by atoms with E-state index >= 15 is 0 Å². The Labute approximate surface area is 132 Å². The number of carbonyl (C=O) groups excluding carboxylic acids is 1. The number of benzene rings is 1. The summed E-state index contributed by atoms with van der Waals surface area (Å²) in [6.45, 7) is 4.93. The summed E-state index contributed by atoms with van der Waals surface area (Å²) in [7, 11) is 0. The summed E-state index contributed by atoms with van der Waals surface area (Å²) in [5.41, 5.74) is 0.611. The van der Waals surface area contributed by atoms with Crippen LogP contribution in [0.1, 0.15) is 39.2 Å². The van der Waals surface area contributed by atoms with Crippen LogP contribution in [-0.4, -0.2) is 40.7 Å². The summed E-state index contributed by atoms with van der Waals surface area (Å²) >= 11 is 0. The Balaban J connectivity index is 2.48. The third-order valence-corrected chi connectivity index (χ3v) is 3.18. The number of aliphatic hydroxyl groups excluding tert-OH is 2. The maximum atomic E-state index is 11.8. The van der Waals surface area contributed by atoms with Crippen LogP contribution in [0.15, 0.2) is 30.3 Å². The molecular formula is C17H27NO4. The fourth-order valence-electron chi connectivity index (χ4n) is 2.12. The van der Waals surface area contributed by atoms with Gasteiger partial charge in [0.05, 0.1) is 18.8 Å². The number of alkyl carbamates (subject to hydrolysis) is 1. The number of amides is 1. The molecule has 2 atom stereocenters. The molecule has 1 aromatic rings. The van der Waals surface area contributed by atoms with Crippen molar-refractivity contribution in [2.45, 2.75) is 57.8 Å². The molecule has 0 aliphatic carbocycles. The van der Waals surface area contributed by atoms with Crippen molar-refractivity contribution in [1.29, 1.82) is 0 Å². The first-order chi connectivity index (χ1) is 10.3. The van der Waals surface area contributed by atoms with Crippen LogP contribution >= 0.6 is 0 Å². The minimum atomic E-state index is -0.997. The molecule has 0 aliphatic rings. The maximum Gasteiger partial charge on any atom is 0.407 e. The zero-order valence-corrected chi connectivity index (χ0v) is 13.6. The highest BCUT2D eigenvalue weighted by Gasteiger charge is 2.23. The fraction of sp³-hybridized carbons (Fsp3) is 0.588. The van der Waals surface area contributed by atoms with E-state index in [-0.39, 0.29) is 0 Å². The van der Waals surface area contributed by atoms with Crippen LogP contribution in [0.25, 0.3) is 0 Å². The number of aliphatic hydroxyl groups is 2. The first-order valence-corrected chi connectivity index (χ1v) is 7.64. The van der Waals surface area contributed by atoms with Crippen molar-refractivity contribution < 1.29 is 19.7 Å². The minimum absolute atomic E-state index is 0.397. The van der Waals surface area contributed by atoms with Gasteiger partial charge in [-0.25, -0.2) is 4.79 Å². The molecule has 22 heavy (non-hydrogen) atoms. The fourth-order valence-corrected chi connectivity index (χ4v) is 2.12. The van der Waals surface area contributed by atoms with Crippen molar-refractivity contribution in [3.8, 4) is 0 Å². The number of nitrogens with one attached hydrogen (secondary N) is 1. The highest BCUT2D eigenvalue weighted by molar-refractivity contribution is 5.68. The summed E-state index contributed by atoms with van der Waals surface area (Å²) < 4.78 is 5.18. The van der Waals surface area contributed by atoms with Gasteiger partial charge in [-0.15, -0.1) is 0 Å². The Morgan fingerprint density at radius 1 is 1.27 bits per heavy atom. The zero-order valence-electron chi connectivity index (χ0n) is 13.6. The van der Waals surface area contributed by atoms with Gasteiger partial charge in [-0.05, 0) is 45.6 Å². The maximum absolute atomic E-state index is 11.8. The van der Waals surface area contributed by atoms with Gasteiger partial charge in [0, 0.05) is 0 Å². The van der Waals surface area contributed by atoms with E-state index in [0.717, 1.165) is 12.8 Å². The largest absolute Gasteiger partial charge is 0.444 e. The van der Waals surface area contributed by atoms with Crippen molar-refractivity contribution in [1.82, 2.24) is 5.32 Å². The Bertz CT molecular complexity index is 442. The van der Waals surface area contributed by atoms with E-state index in [1.807, 2.05) is 30.3 Å². The van der Waals surface area contributed by atoms with Gasteiger partial charge < -0.3 is 20.3 Å². The van der Waals surface area contributed by atoms with E-state index in [2.05, 4.69) is 5.32 Å². The van der Waals surface area contributed by atoms with Crippen molar-refractivity contribution in [3.63, 3.8) is 0 Å². The number of carbonyl (C=O) groups is 1. The second-order valence-corrected chi connectivity index (χ2v) is 6.38. The SMILES string of the molecule is CC(C)(C)OC(=O)N[C@H](CCCc1ccccc1)[C@@H](O)CO. The Morgan fingerprint density at radius 3 is 2.45 bits per heavy atom. The summed E-state index contributed by atoms with van der Waals surface area (Å²) in [5, 5.41) is 21.6. The highest BCUT2D eigenvalue weighted by atomic mass is 16.6. The lowest BCUT2D eigenvalue weighted by molar-refractivity contribution is 0.0303. The van der Waals surface area contributed by atoms with Crippen LogP contribution in [0.5, 0.6) is 0 Å². The first kappa shape index (κ1) is 18.5. The molecule has 0 spiro atoms. The molecule has 0 saturated heterocycles. The molecule has 1 aromatic carbocycles. The minimum Gasteiger partial charge on any atom is -0.444 e. The molecule has 5 nitrogen and oxygen atoms in total. The van der Waals surface area contributed by atoms with Crippen molar-refractivity contribution in [3.05, 3.63) is 35.9 Å². The molecular weight excluding hydrogens is 282 g/mol. The third-order valence-electron chi connectivity index (χ3n) is 3.18. The van der Waals surface area contributed by atoms with Crippen LogP contribution in [0.3, 0.4) is 0 Å². The summed E-state index contributed by atoms with van der Waals surface area (Å²) in [4.78, 5) is 11.8. The standard InChI is InChI=1S/C17H27NO4/c1-17(2,3)22-16(21)18-14(15(20)12-19)11-7-10-13-8-5-4-6-9-13/h4-6,8-9,14-15,19-20H,7,10-12H2,1-3H3,(H,18,21)/t14-,15+/m1/s1. The average molecular weight is 309 g/mol. The molecule has 0 heterocycles. The number of aryl methyl sites for hydroxylation is 1. The summed E-state index contributed by atoms with van der Waals surface area (Å²) in [5.74, 6) is 0. The summed E-state index contributed by atoms with van der Waals surface area (Å²) in [6, 6.07) is 9.48. The van der Waals surface area contributed by atoms with Gasteiger partial charge in [-0.1, -0.05) is 30.3 Å². The predicted octanol–water partition coefficient (Wildman–Crippen LogP) is 2.26. The molecule has 0 aromatic heterocycles. The summed E-state index contributed by atoms with van der Waals surface area (Å²) in [6.07, 6.45) is 0.635. The van der Waals surface area contributed by atoms with E-state index < -0.39 is 30.4 Å². The van der Waals surface area contributed by atoms with E-state index in [9.17, 15) is 9.90 Å². The first-order valence-electron chi connectivity index (χ1n) is 7.64. The third kappa shape index (κ3) is 7.43. The van der Waals surface area contributed by atoms with E-state index in [1.165, 1.54) is 5.56 Å². The highest BCUT2D eigenvalue weighted by Crippen LogP contribution is 2.11. The Morgan fingerprint density at radius 2 is 1.91 bits per heavy atom. The molecule has 5 heteroatoms. The van der Waals surface area contributed by atoms with Gasteiger partial charge in [0.25, 0.3) is 0 Å². The number of hydrogen-bond donors (Lipinski definition) is 3. The average Bonchev–Trinajstić information content (AvgIpc) is 2.44. The molecule has 0 fully saturated rings. The predicted molar refractivity (Wildman–Crippen MR) is 85.6 cm³/mol. The van der Waals surface area contributed by atoms with Gasteiger partial charge in [0.2, 0.25) is 0 Å². The van der Waals surface area contributed by atoms with Gasteiger partial charge in [-0.3, -0.25) is 0 Å². The number of hydrogen-bond acceptors (Lipinski definition) is 4. The molecule has 0 unspecified atom stereocenters. The van der Waals surface area contributed by atoms with Crippen LogP contribution in [0, 0.1) is 0 Å². The lowest BCUT2D eigenvalue weighted by Gasteiger charge is -2.26. The Kier molecular flexibility index (Phi) is 7.35. The quantitative estimate of drug-likeness (QED) is 0.722. The second kappa shape index (κ2) is 8.76. The van der Waals surface area contributed by atoms with Crippen molar-refractivity contribution >= 4 is 6.09 Å². The molecule has 0 radical (unpaired) electrons. The Hall–Kier alpha value is -1.59. The molecule has 0 saturated carbocycles. The van der Waals surface area contributed by atoms with E-state index in [4.69, 9.17) is 9.84 Å². The lowest BCUT2D eigenvalue weighted by Crippen LogP contribution is -2.46. The lowest BCUT2D eigenvalue weighted by atomic mass is 10.0. The topological polar surface area (TPSA) is 78.8 Å². The van der Waals surface area contributed by atoms with Gasteiger partial charge in [-0.2, -0.15) is 0 Å². The van der Waals surface area contributed by atoms with Crippen LogP contribution < -0.4 is 5.32 Å². The molecule has 1 rings (SSSR count). The molecule has 0 bridgehead atoms. The van der Waals surface area contributed by atoms with Crippen molar-refractivity contribution in [2.24, 2.45) is 0 Å². The molecule has 1 amide bonds. The van der Waals surface area contributed by atoms with Gasteiger partial charge in [0.15, 0.2) is 0 Å². The zero-order chi connectivity index (χ0) is 16.6. The van der Waals surface area contributed by atoms with Crippen LogP contribution in [-0.2, 0) is 11.2 Å². The monoisotopic (exact) mass is 309 g/mol. The number of rotatable bonds is 7. The van der Waals surface area contributed by atoms with Crippen LogP contribution in [0.2, 0.25) is 0 Å². The van der Waals surface area contributed by atoms with E-state index in [1.54, 1.807) is 20.8 Å². The second-order valence-electron chi connectivity index (χ2n) is 6.38. The molecule has 3 N–H and O–H groups in total. The number of ether oxygens (including phenoxy) is 1.